The summed E-state index contributed by atoms with van der Waals surface area (Å²) in [5.41, 5.74) is 2.82. The first kappa shape index (κ1) is 14.0. The average Bonchev–Trinajstić information content (AvgIpc) is 2.69. The summed E-state index contributed by atoms with van der Waals surface area (Å²) >= 11 is 0. The van der Waals surface area contributed by atoms with Gasteiger partial charge in [0.25, 0.3) is 0 Å². The van der Waals surface area contributed by atoms with Crippen molar-refractivity contribution in [2.75, 3.05) is 0 Å². The second-order valence-electron chi connectivity index (χ2n) is 8.53. The third kappa shape index (κ3) is 1.84. The fourth-order valence-corrected chi connectivity index (χ4v) is 6.29. The maximum atomic E-state index is 11.7. The van der Waals surface area contributed by atoms with E-state index < -0.39 is 5.60 Å². The van der Waals surface area contributed by atoms with Crippen LogP contribution in [-0.4, -0.2) is 16.5 Å². The first-order valence-corrected chi connectivity index (χ1v) is 8.87. The first-order valence-electron chi connectivity index (χ1n) is 8.87. The molecule has 4 rings (SSSR count). The Bertz CT molecular complexity index is 516. The van der Waals surface area contributed by atoms with Crippen LogP contribution in [0.5, 0.6) is 0 Å². The van der Waals surface area contributed by atoms with E-state index in [0.29, 0.717) is 11.7 Å². The average molecular weight is 288 g/mol. The molecule has 2 nitrogen and oxygen atoms in total. The smallest absolute Gasteiger partial charge is 0.137 e. The third-order valence-corrected chi connectivity index (χ3v) is 7.76. The molecule has 4 aliphatic rings. The summed E-state index contributed by atoms with van der Waals surface area (Å²) in [5.74, 6) is 2.65. The quantitative estimate of drug-likeness (QED) is 0.683. The van der Waals surface area contributed by atoms with Crippen LogP contribution in [0.1, 0.15) is 71.6 Å². The molecule has 1 N–H and O–H groups in total. The highest BCUT2D eigenvalue weighted by atomic mass is 16.3. The van der Waals surface area contributed by atoms with Crippen molar-refractivity contribution in [1.29, 1.82) is 0 Å². The van der Waals surface area contributed by atoms with E-state index in [-0.39, 0.29) is 5.41 Å². The van der Waals surface area contributed by atoms with Gasteiger partial charge in [0.2, 0.25) is 0 Å². The van der Waals surface area contributed by atoms with E-state index >= 15 is 0 Å². The van der Waals surface area contributed by atoms with Crippen molar-refractivity contribution >= 4 is 5.78 Å². The molecule has 21 heavy (non-hydrogen) atoms. The fourth-order valence-electron chi connectivity index (χ4n) is 6.29. The number of fused-ring (bicyclic) bond motifs is 4. The van der Waals surface area contributed by atoms with Gasteiger partial charge >= 0.3 is 0 Å². The predicted octanol–water partition coefficient (Wildman–Crippen LogP) is 4.02. The highest BCUT2D eigenvalue weighted by molar-refractivity contribution is 5.82. The number of aliphatic hydroxyl groups is 1. The normalized spacial score (nSPS) is 49.7. The second kappa shape index (κ2) is 4.44. The zero-order valence-corrected chi connectivity index (χ0v) is 13.5. The molecule has 0 bridgehead atoms. The van der Waals surface area contributed by atoms with Crippen LogP contribution in [0.25, 0.3) is 0 Å². The third-order valence-electron chi connectivity index (χ3n) is 7.76. The maximum absolute atomic E-state index is 11.7. The number of hydrogen-bond donors (Lipinski definition) is 1. The van der Waals surface area contributed by atoms with Gasteiger partial charge in [-0.2, -0.15) is 0 Å². The van der Waals surface area contributed by atoms with Gasteiger partial charge in [0.15, 0.2) is 0 Å². The van der Waals surface area contributed by atoms with E-state index in [0.717, 1.165) is 50.4 Å². The van der Waals surface area contributed by atoms with Crippen LogP contribution in [0, 0.1) is 23.2 Å². The Morgan fingerprint density at radius 2 is 1.86 bits per heavy atom. The van der Waals surface area contributed by atoms with Crippen molar-refractivity contribution in [2.45, 2.75) is 77.2 Å². The summed E-state index contributed by atoms with van der Waals surface area (Å²) in [6, 6.07) is 0. The predicted molar refractivity (Wildman–Crippen MR) is 82.8 cm³/mol. The molecule has 0 aliphatic heterocycles. The van der Waals surface area contributed by atoms with E-state index in [9.17, 15) is 9.90 Å². The summed E-state index contributed by atoms with van der Waals surface area (Å²) in [5, 5.41) is 10.8. The van der Waals surface area contributed by atoms with Gasteiger partial charge in [-0.05, 0) is 75.0 Å². The molecule has 0 aromatic rings. The SMILES string of the molecule is C[C@]1(O)CC[C@@H]2[C@@H]3CCC4=C(CCC(=O)C4)[C@@H]3CC[C@@]21C. The van der Waals surface area contributed by atoms with Crippen molar-refractivity contribution in [3.8, 4) is 0 Å². The van der Waals surface area contributed by atoms with Crippen LogP contribution in [0.15, 0.2) is 11.1 Å². The Kier molecular flexibility index (Phi) is 2.96. The molecule has 116 valence electrons. The molecular weight excluding hydrogens is 260 g/mol. The number of ketones is 1. The van der Waals surface area contributed by atoms with Crippen molar-refractivity contribution in [1.82, 2.24) is 0 Å². The minimum Gasteiger partial charge on any atom is -0.390 e. The molecule has 0 spiro atoms. The van der Waals surface area contributed by atoms with Crippen molar-refractivity contribution < 1.29 is 9.90 Å². The Balaban J connectivity index is 1.66. The van der Waals surface area contributed by atoms with E-state index in [4.69, 9.17) is 0 Å². The second-order valence-corrected chi connectivity index (χ2v) is 8.53. The molecule has 0 radical (unpaired) electrons. The van der Waals surface area contributed by atoms with Crippen LogP contribution in [0.2, 0.25) is 0 Å². The minimum atomic E-state index is -0.472. The molecule has 0 heterocycles. The number of carbonyl (C=O) groups is 1. The summed E-state index contributed by atoms with van der Waals surface area (Å²) in [6.45, 7) is 4.41. The standard InChI is InChI=1S/C19H28O2/c1-18-9-7-15-14-6-4-13(20)11-12(14)3-5-16(15)17(18)8-10-19(18,2)21/h15-17,21H,3-11H2,1-2H3/t15-,16+,17+,18-,19-/m0/s1. The van der Waals surface area contributed by atoms with Gasteiger partial charge in [0.05, 0.1) is 5.60 Å². The minimum absolute atomic E-state index is 0.122. The summed E-state index contributed by atoms with van der Waals surface area (Å²) in [7, 11) is 0. The molecule has 0 saturated heterocycles. The number of Topliss-reactive ketones (excluding diaryl/α,β-unsaturated/α-hetero) is 1. The lowest BCUT2D eigenvalue weighted by atomic mass is 9.52. The molecule has 2 fully saturated rings. The van der Waals surface area contributed by atoms with Gasteiger partial charge in [0, 0.05) is 12.8 Å². The molecule has 0 unspecified atom stereocenters. The monoisotopic (exact) mass is 288 g/mol. The Morgan fingerprint density at radius 3 is 2.67 bits per heavy atom. The highest BCUT2D eigenvalue weighted by Gasteiger charge is 2.59. The van der Waals surface area contributed by atoms with E-state index in [1.54, 1.807) is 5.57 Å². The lowest BCUT2D eigenvalue weighted by Gasteiger charge is -2.53. The van der Waals surface area contributed by atoms with Gasteiger partial charge in [0.1, 0.15) is 5.78 Å². The molecular formula is C19H28O2. The van der Waals surface area contributed by atoms with E-state index in [2.05, 4.69) is 13.8 Å². The van der Waals surface area contributed by atoms with Crippen LogP contribution in [0.4, 0.5) is 0 Å². The molecule has 0 amide bonds. The Morgan fingerprint density at radius 1 is 1.05 bits per heavy atom. The van der Waals surface area contributed by atoms with Gasteiger partial charge in [-0.25, -0.2) is 0 Å². The lowest BCUT2D eigenvalue weighted by molar-refractivity contribution is -0.119. The van der Waals surface area contributed by atoms with E-state index in [1.165, 1.54) is 24.8 Å². The van der Waals surface area contributed by atoms with Crippen molar-refractivity contribution in [3.63, 3.8) is 0 Å². The van der Waals surface area contributed by atoms with E-state index in [1.807, 2.05) is 0 Å². The molecule has 4 aliphatic carbocycles. The Labute approximate surface area is 128 Å². The number of allylic oxidation sites excluding steroid dienone is 2. The molecule has 5 atom stereocenters. The first-order chi connectivity index (χ1) is 9.92. The van der Waals surface area contributed by atoms with Crippen LogP contribution >= 0.6 is 0 Å². The highest BCUT2D eigenvalue weighted by Crippen LogP contribution is 2.64. The zero-order chi connectivity index (χ0) is 14.8. The number of hydrogen-bond acceptors (Lipinski definition) is 2. The number of carbonyl (C=O) groups excluding carboxylic acids is 1. The summed E-state index contributed by atoms with van der Waals surface area (Å²) < 4.78 is 0. The van der Waals surface area contributed by atoms with Crippen LogP contribution in [-0.2, 0) is 4.79 Å². The van der Waals surface area contributed by atoms with Gasteiger partial charge in [-0.15, -0.1) is 0 Å². The Hall–Kier alpha value is -0.630. The topological polar surface area (TPSA) is 37.3 Å². The largest absolute Gasteiger partial charge is 0.390 e. The number of rotatable bonds is 0. The zero-order valence-electron chi connectivity index (χ0n) is 13.5. The van der Waals surface area contributed by atoms with Crippen LogP contribution < -0.4 is 0 Å². The lowest BCUT2D eigenvalue weighted by Crippen LogP contribution is -2.50. The van der Waals surface area contributed by atoms with Crippen LogP contribution in [0.3, 0.4) is 0 Å². The molecule has 2 saturated carbocycles. The maximum Gasteiger partial charge on any atom is 0.137 e. The summed E-state index contributed by atoms with van der Waals surface area (Å²) in [4.78, 5) is 11.7. The summed E-state index contributed by atoms with van der Waals surface area (Å²) in [6.07, 6.45) is 9.55. The molecule has 0 aromatic heterocycles. The van der Waals surface area contributed by atoms with Crippen molar-refractivity contribution in [2.24, 2.45) is 23.2 Å². The van der Waals surface area contributed by atoms with Crippen molar-refractivity contribution in [3.05, 3.63) is 11.1 Å². The van der Waals surface area contributed by atoms with Gasteiger partial charge < -0.3 is 5.11 Å². The fraction of sp³-hybridized carbons (Fsp3) is 0.842. The molecule has 0 aromatic carbocycles. The van der Waals surface area contributed by atoms with Gasteiger partial charge in [-0.1, -0.05) is 18.1 Å². The molecule has 2 heteroatoms. The van der Waals surface area contributed by atoms with Gasteiger partial charge in [-0.3, -0.25) is 4.79 Å².